The molecule has 0 saturated carbocycles. The van der Waals surface area contributed by atoms with Gasteiger partial charge in [-0.2, -0.15) is 0 Å². The van der Waals surface area contributed by atoms with E-state index in [2.05, 4.69) is 23.2 Å². The quantitative estimate of drug-likeness (QED) is 0.675. The van der Waals surface area contributed by atoms with E-state index in [0.717, 1.165) is 17.8 Å². The van der Waals surface area contributed by atoms with Crippen LogP contribution in [0.25, 0.3) is 6.08 Å². The second-order valence-corrected chi connectivity index (χ2v) is 3.39. The minimum Gasteiger partial charge on any atom is -0.258 e. The van der Waals surface area contributed by atoms with E-state index < -0.39 is 0 Å². The monoisotopic (exact) mass is 195 g/mol. The summed E-state index contributed by atoms with van der Waals surface area (Å²) >= 11 is 5.57. The molecule has 70 valence electrons. The Balaban J connectivity index is 2.77. The van der Waals surface area contributed by atoms with Gasteiger partial charge in [-0.3, -0.25) is 4.98 Å². The zero-order valence-electron chi connectivity index (χ0n) is 8.05. The molecule has 1 aromatic rings. The molecular weight excluding hydrogens is 182 g/mol. The first-order valence-corrected chi connectivity index (χ1v) is 4.94. The fourth-order valence-electron chi connectivity index (χ4n) is 1.15. The molecule has 0 atom stereocenters. The normalized spacial score (nSPS) is 11.0. The highest BCUT2D eigenvalue weighted by Gasteiger charge is 1.94. The summed E-state index contributed by atoms with van der Waals surface area (Å²) in [7, 11) is 0. The molecule has 1 rings (SSSR count). The van der Waals surface area contributed by atoms with Crippen LogP contribution in [0.2, 0.25) is 0 Å². The average Bonchev–Trinajstić information content (AvgIpc) is 2.09. The molecular formula is C11H14ClN. The average molecular weight is 196 g/mol. The third kappa shape index (κ3) is 3.19. The summed E-state index contributed by atoms with van der Waals surface area (Å²) in [6, 6.07) is 4.11. The summed E-state index contributed by atoms with van der Waals surface area (Å²) in [6.45, 7) is 4.02. The second-order valence-electron chi connectivity index (χ2n) is 3.01. The van der Waals surface area contributed by atoms with Gasteiger partial charge in [0, 0.05) is 17.3 Å². The van der Waals surface area contributed by atoms with Crippen LogP contribution in [0, 0.1) is 13.8 Å². The number of hydrogen-bond donors (Lipinski definition) is 0. The maximum absolute atomic E-state index is 5.57. The standard InChI is InChI=1S/C11H14ClN/c1-9-6-7-11(10(2)13-9)5-3-4-8-12/h3,5-7H,4,8H2,1-2H3. The lowest BCUT2D eigenvalue weighted by atomic mass is 10.1. The van der Waals surface area contributed by atoms with Crippen molar-refractivity contribution in [2.24, 2.45) is 0 Å². The fourth-order valence-corrected chi connectivity index (χ4v) is 1.27. The number of aryl methyl sites for hydroxylation is 2. The number of pyridine rings is 1. The van der Waals surface area contributed by atoms with E-state index in [1.807, 2.05) is 19.9 Å². The summed E-state index contributed by atoms with van der Waals surface area (Å²) in [4.78, 5) is 4.37. The van der Waals surface area contributed by atoms with Crippen LogP contribution in [-0.4, -0.2) is 10.9 Å². The van der Waals surface area contributed by atoms with Gasteiger partial charge in [0.15, 0.2) is 0 Å². The molecule has 0 aliphatic heterocycles. The number of aromatic nitrogens is 1. The Bertz CT molecular complexity index is 305. The highest BCUT2D eigenvalue weighted by Crippen LogP contribution is 2.08. The summed E-state index contributed by atoms with van der Waals surface area (Å²) < 4.78 is 0. The Morgan fingerprint density at radius 2 is 2.15 bits per heavy atom. The van der Waals surface area contributed by atoms with Crippen LogP contribution in [0.3, 0.4) is 0 Å². The predicted octanol–water partition coefficient (Wildman–Crippen LogP) is 3.34. The van der Waals surface area contributed by atoms with E-state index in [1.165, 1.54) is 5.56 Å². The molecule has 0 aliphatic rings. The van der Waals surface area contributed by atoms with Crippen LogP contribution < -0.4 is 0 Å². The summed E-state index contributed by atoms with van der Waals surface area (Å²) in [5, 5.41) is 0. The van der Waals surface area contributed by atoms with Gasteiger partial charge in [-0.25, -0.2) is 0 Å². The van der Waals surface area contributed by atoms with Crippen LogP contribution >= 0.6 is 11.6 Å². The van der Waals surface area contributed by atoms with Crippen LogP contribution in [0.5, 0.6) is 0 Å². The van der Waals surface area contributed by atoms with Gasteiger partial charge in [0.05, 0.1) is 0 Å². The third-order valence-corrected chi connectivity index (χ3v) is 2.06. The Labute approximate surface area is 84.5 Å². The van der Waals surface area contributed by atoms with Crippen molar-refractivity contribution in [2.45, 2.75) is 20.3 Å². The molecule has 0 spiro atoms. The van der Waals surface area contributed by atoms with Crippen molar-refractivity contribution in [2.75, 3.05) is 5.88 Å². The van der Waals surface area contributed by atoms with Crippen LogP contribution in [0.4, 0.5) is 0 Å². The number of alkyl halides is 1. The SMILES string of the molecule is Cc1ccc(C=CCCCl)c(C)n1. The third-order valence-electron chi connectivity index (χ3n) is 1.84. The summed E-state index contributed by atoms with van der Waals surface area (Å²) in [5.41, 5.74) is 3.31. The molecule has 0 saturated heterocycles. The number of hydrogen-bond acceptors (Lipinski definition) is 1. The maximum atomic E-state index is 5.57. The van der Waals surface area contributed by atoms with Crippen LogP contribution in [-0.2, 0) is 0 Å². The molecule has 0 amide bonds. The van der Waals surface area contributed by atoms with Crippen molar-refractivity contribution < 1.29 is 0 Å². The lowest BCUT2D eigenvalue weighted by Gasteiger charge is -1.99. The number of rotatable bonds is 3. The van der Waals surface area contributed by atoms with Gasteiger partial charge in [-0.1, -0.05) is 18.2 Å². The lowest BCUT2D eigenvalue weighted by molar-refractivity contribution is 1.11. The van der Waals surface area contributed by atoms with Gasteiger partial charge >= 0.3 is 0 Å². The van der Waals surface area contributed by atoms with Crippen molar-refractivity contribution >= 4 is 17.7 Å². The number of nitrogens with zero attached hydrogens (tertiary/aromatic N) is 1. The van der Waals surface area contributed by atoms with E-state index in [9.17, 15) is 0 Å². The Hall–Kier alpha value is -0.820. The molecule has 0 radical (unpaired) electrons. The second kappa shape index (κ2) is 5.03. The van der Waals surface area contributed by atoms with Gasteiger partial charge in [-0.15, -0.1) is 11.6 Å². The first kappa shape index (κ1) is 10.3. The van der Waals surface area contributed by atoms with E-state index in [-0.39, 0.29) is 0 Å². The van der Waals surface area contributed by atoms with E-state index in [0.29, 0.717) is 5.88 Å². The van der Waals surface area contributed by atoms with Crippen molar-refractivity contribution in [1.82, 2.24) is 4.98 Å². The van der Waals surface area contributed by atoms with Gasteiger partial charge < -0.3 is 0 Å². The molecule has 0 aliphatic carbocycles. The molecule has 0 aromatic carbocycles. The number of allylic oxidation sites excluding steroid dienone is 1. The van der Waals surface area contributed by atoms with E-state index >= 15 is 0 Å². The highest BCUT2D eigenvalue weighted by atomic mass is 35.5. The Morgan fingerprint density at radius 3 is 2.77 bits per heavy atom. The first-order valence-electron chi connectivity index (χ1n) is 4.41. The van der Waals surface area contributed by atoms with Crippen molar-refractivity contribution in [3.8, 4) is 0 Å². The number of halogens is 1. The topological polar surface area (TPSA) is 12.9 Å². The Kier molecular flexibility index (Phi) is 3.97. The van der Waals surface area contributed by atoms with Crippen LogP contribution in [0.1, 0.15) is 23.4 Å². The van der Waals surface area contributed by atoms with Gasteiger partial charge in [0.1, 0.15) is 0 Å². The minimum absolute atomic E-state index is 0.675. The fraction of sp³-hybridized carbons (Fsp3) is 0.364. The zero-order chi connectivity index (χ0) is 9.68. The molecule has 0 N–H and O–H groups in total. The van der Waals surface area contributed by atoms with Gasteiger partial charge in [0.2, 0.25) is 0 Å². The molecule has 0 unspecified atom stereocenters. The smallest absolute Gasteiger partial charge is 0.0447 e. The summed E-state index contributed by atoms with van der Waals surface area (Å²) in [6.07, 6.45) is 5.06. The predicted molar refractivity (Wildman–Crippen MR) is 58.1 cm³/mol. The maximum Gasteiger partial charge on any atom is 0.0447 e. The molecule has 1 heterocycles. The van der Waals surface area contributed by atoms with Crippen LogP contribution in [0.15, 0.2) is 18.2 Å². The molecule has 1 aromatic heterocycles. The van der Waals surface area contributed by atoms with Gasteiger partial charge in [0.25, 0.3) is 0 Å². The summed E-state index contributed by atoms with van der Waals surface area (Å²) in [5.74, 6) is 0.675. The molecule has 0 bridgehead atoms. The molecule has 0 fully saturated rings. The Morgan fingerprint density at radius 1 is 1.38 bits per heavy atom. The highest BCUT2D eigenvalue weighted by molar-refractivity contribution is 6.17. The van der Waals surface area contributed by atoms with Crippen molar-refractivity contribution in [3.05, 3.63) is 35.2 Å². The van der Waals surface area contributed by atoms with E-state index in [1.54, 1.807) is 0 Å². The largest absolute Gasteiger partial charge is 0.258 e. The van der Waals surface area contributed by atoms with Crippen molar-refractivity contribution in [1.29, 1.82) is 0 Å². The first-order chi connectivity index (χ1) is 6.24. The lowest BCUT2D eigenvalue weighted by Crippen LogP contribution is -1.88. The van der Waals surface area contributed by atoms with E-state index in [4.69, 9.17) is 11.6 Å². The zero-order valence-corrected chi connectivity index (χ0v) is 8.80. The molecule has 13 heavy (non-hydrogen) atoms. The van der Waals surface area contributed by atoms with Gasteiger partial charge in [-0.05, 0) is 31.9 Å². The molecule has 1 nitrogen and oxygen atoms in total. The molecule has 2 heteroatoms. The minimum atomic E-state index is 0.675. The van der Waals surface area contributed by atoms with Crippen molar-refractivity contribution in [3.63, 3.8) is 0 Å².